The van der Waals surface area contributed by atoms with Gasteiger partial charge in [-0.05, 0) is 68.1 Å². The Bertz CT molecular complexity index is 1330. The zero-order valence-electron chi connectivity index (χ0n) is 19.1. The molecule has 0 unspecified atom stereocenters. The molecule has 2 aliphatic rings. The molecule has 34 heavy (non-hydrogen) atoms. The zero-order valence-corrected chi connectivity index (χ0v) is 19.8. The van der Waals surface area contributed by atoms with Crippen LogP contribution in [0.25, 0.3) is 28.0 Å². The second-order valence-electron chi connectivity index (χ2n) is 9.12. The van der Waals surface area contributed by atoms with Crippen LogP contribution in [0.4, 0.5) is 11.8 Å². The Morgan fingerprint density at radius 3 is 2.47 bits per heavy atom. The van der Waals surface area contributed by atoms with Gasteiger partial charge in [-0.15, -0.1) is 0 Å². The summed E-state index contributed by atoms with van der Waals surface area (Å²) in [6, 6.07) is 14.7. The molecule has 2 fully saturated rings. The maximum Gasteiger partial charge on any atom is 0.223 e. The van der Waals surface area contributed by atoms with E-state index >= 15 is 0 Å². The quantitative estimate of drug-likeness (QED) is 0.339. The van der Waals surface area contributed by atoms with Crippen molar-refractivity contribution >= 4 is 28.9 Å². The summed E-state index contributed by atoms with van der Waals surface area (Å²) in [5, 5.41) is 12.8. The standard InChI is InChI=1S/C26H27ClN6O/c1-34-20-10-6-16(7-11-20)25-24(21-12-13-28-26(31-21)30-19-8-9-19)22-14-17(27)15-23(33(22)32-25)29-18-4-2-3-5-18/h6-7,10-15,18-19,29H,2-5,8-9H2,1H3,(H,28,30,31). The van der Waals surface area contributed by atoms with Gasteiger partial charge in [0, 0.05) is 28.9 Å². The first-order valence-electron chi connectivity index (χ1n) is 11.9. The SMILES string of the molecule is COc1ccc(-c2nn3c(NC4CCCC4)cc(Cl)cc3c2-c2ccnc(NC3CC3)n2)cc1. The van der Waals surface area contributed by atoms with Crippen LogP contribution in [0.5, 0.6) is 5.75 Å². The molecular weight excluding hydrogens is 448 g/mol. The number of ether oxygens (including phenoxy) is 1. The van der Waals surface area contributed by atoms with E-state index in [2.05, 4.69) is 15.6 Å². The van der Waals surface area contributed by atoms with Gasteiger partial charge in [-0.25, -0.2) is 14.5 Å². The highest BCUT2D eigenvalue weighted by molar-refractivity contribution is 6.31. The predicted octanol–water partition coefficient (Wildman–Crippen LogP) is 6.05. The van der Waals surface area contributed by atoms with Crippen molar-refractivity contribution < 1.29 is 4.74 Å². The Kier molecular flexibility index (Phi) is 5.49. The smallest absolute Gasteiger partial charge is 0.223 e. The Morgan fingerprint density at radius 2 is 1.74 bits per heavy atom. The second-order valence-corrected chi connectivity index (χ2v) is 9.55. The lowest BCUT2D eigenvalue weighted by molar-refractivity contribution is 0.415. The van der Waals surface area contributed by atoms with Crippen LogP contribution in [0.15, 0.2) is 48.7 Å². The van der Waals surface area contributed by atoms with E-state index in [9.17, 15) is 0 Å². The summed E-state index contributed by atoms with van der Waals surface area (Å²) in [7, 11) is 1.67. The first kappa shape index (κ1) is 21.2. The van der Waals surface area contributed by atoms with E-state index in [1.165, 1.54) is 12.8 Å². The number of fused-ring (bicyclic) bond motifs is 1. The van der Waals surface area contributed by atoms with Crippen LogP contribution in [0.1, 0.15) is 38.5 Å². The fourth-order valence-electron chi connectivity index (χ4n) is 4.68. The Labute approximate surface area is 203 Å². The molecule has 0 radical (unpaired) electrons. The van der Waals surface area contributed by atoms with Crippen LogP contribution in [0, 0.1) is 0 Å². The van der Waals surface area contributed by atoms with Crippen LogP contribution in [0.3, 0.4) is 0 Å². The summed E-state index contributed by atoms with van der Waals surface area (Å²) in [5.74, 6) is 2.35. The van der Waals surface area contributed by atoms with Crippen LogP contribution >= 0.6 is 11.6 Å². The molecule has 0 amide bonds. The van der Waals surface area contributed by atoms with Gasteiger partial charge in [0.15, 0.2) is 0 Å². The molecule has 2 saturated carbocycles. The highest BCUT2D eigenvalue weighted by Gasteiger charge is 2.24. The lowest BCUT2D eigenvalue weighted by atomic mass is 10.0. The summed E-state index contributed by atoms with van der Waals surface area (Å²) < 4.78 is 7.33. The van der Waals surface area contributed by atoms with E-state index < -0.39 is 0 Å². The summed E-state index contributed by atoms with van der Waals surface area (Å²) in [5.41, 5.74) is 4.49. The molecule has 0 spiro atoms. The molecule has 8 heteroatoms. The van der Waals surface area contributed by atoms with E-state index in [4.69, 9.17) is 26.4 Å². The summed E-state index contributed by atoms with van der Waals surface area (Å²) in [4.78, 5) is 9.30. The van der Waals surface area contributed by atoms with Gasteiger partial charge in [0.1, 0.15) is 17.3 Å². The molecule has 0 atom stereocenters. The number of nitrogens with one attached hydrogen (secondary N) is 2. The molecule has 1 aromatic carbocycles. The minimum atomic E-state index is 0.437. The number of rotatable bonds is 7. The lowest BCUT2D eigenvalue weighted by Gasteiger charge is -2.15. The van der Waals surface area contributed by atoms with E-state index in [0.717, 1.165) is 65.3 Å². The van der Waals surface area contributed by atoms with Crippen LogP contribution in [-0.4, -0.2) is 38.8 Å². The topological polar surface area (TPSA) is 76.4 Å². The molecule has 0 saturated heterocycles. The maximum absolute atomic E-state index is 6.63. The molecular formula is C26H27ClN6O. The zero-order chi connectivity index (χ0) is 23.1. The number of pyridine rings is 1. The van der Waals surface area contributed by atoms with E-state index in [1.807, 2.05) is 47.0 Å². The number of hydrogen-bond donors (Lipinski definition) is 2. The van der Waals surface area contributed by atoms with Gasteiger partial charge in [-0.3, -0.25) is 0 Å². The van der Waals surface area contributed by atoms with Gasteiger partial charge in [0.25, 0.3) is 0 Å². The third kappa shape index (κ3) is 4.16. The van der Waals surface area contributed by atoms with Gasteiger partial charge in [-0.2, -0.15) is 5.10 Å². The Morgan fingerprint density at radius 1 is 0.971 bits per heavy atom. The molecule has 4 aromatic rings. The number of nitrogens with zero attached hydrogens (tertiary/aromatic N) is 4. The van der Waals surface area contributed by atoms with Gasteiger partial charge >= 0.3 is 0 Å². The van der Waals surface area contributed by atoms with Gasteiger partial charge in [-0.1, -0.05) is 24.4 Å². The van der Waals surface area contributed by atoms with Crippen LogP contribution in [-0.2, 0) is 0 Å². The number of halogens is 1. The van der Waals surface area contributed by atoms with Crippen molar-refractivity contribution in [3.05, 3.63) is 53.7 Å². The van der Waals surface area contributed by atoms with E-state index in [0.29, 0.717) is 23.1 Å². The lowest BCUT2D eigenvalue weighted by Crippen LogP contribution is -2.17. The first-order valence-corrected chi connectivity index (χ1v) is 12.3. The Hall–Kier alpha value is -3.32. The van der Waals surface area contributed by atoms with Gasteiger partial charge < -0.3 is 15.4 Å². The summed E-state index contributed by atoms with van der Waals surface area (Å²) in [6.45, 7) is 0. The molecule has 174 valence electrons. The average molecular weight is 475 g/mol. The van der Waals surface area contributed by atoms with Crippen molar-refractivity contribution in [2.45, 2.75) is 50.6 Å². The van der Waals surface area contributed by atoms with E-state index in [1.54, 1.807) is 13.3 Å². The fourth-order valence-corrected chi connectivity index (χ4v) is 4.88. The molecule has 7 nitrogen and oxygen atoms in total. The highest BCUT2D eigenvalue weighted by Crippen LogP contribution is 2.38. The molecule has 0 bridgehead atoms. The average Bonchev–Trinajstić information content (AvgIpc) is 3.36. The normalized spacial score (nSPS) is 16.2. The number of benzene rings is 1. The second kappa shape index (κ2) is 8.80. The summed E-state index contributed by atoms with van der Waals surface area (Å²) >= 11 is 6.63. The molecule has 3 aromatic heterocycles. The van der Waals surface area contributed by atoms with E-state index in [-0.39, 0.29) is 0 Å². The molecule has 2 N–H and O–H groups in total. The fraction of sp³-hybridized carbons (Fsp3) is 0.346. The largest absolute Gasteiger partial charge is 0.497 e. The number of methoxy groups -OCH3 is 1. The van der Waals surface area contributed by atoms with Crippen molar-refractivity contribution in [1.29, 1.82) is 0 Å². The van der Waals surface area contributed by atoms with Gasteiger partial charge in [0.2, 0.25) is 5.95 Å². The maximum atomic E-state index is 6.63. The predicted molar refractivity (Wildman–Crippen MR) is 136 cm³/mol. The van der Waals surface area contributed by atoms with Gasteiger partial charge in [0.05, 0.1) is 23.9 Å². The van der Waals surface area contributed by atoms with Crippen molar-refractivity contribution in [3.63, 3.8) is 0 Å². The summed E-state index contributed by atoms with van der Waals surface area (Å²) in [6.07, 6.45) is 8.95. The molecule has 6 rings (SSSR count). The number of hydrogen-bond acceptors (Lipinski definition) is 6. The number of aromatic nitrogens is 4. The number of anilines is 2. The third-order valence-corrected chi connectivity index (χ3v) is 6.81. The van der Waals surface area contributed by atoms with Crippen molar-refractivity contribution in [3.8, 4) is 28.3 Å². The van der Waals surface area contributed by atoms with Crippen molar-refractivity contribution in [2.75, 3.05) is 17.7 Å². The van der Waals surface area contributed by atoms with Crippen LogP contribution < -0.4 is 15.4 Å². The first-order chi connectivity index (χ1) is 16.7. The van der Waals surface area contributed by atoms with Crippen LogP contribution in [0.2, 0.25) is 5.02 Å². The van der Waals surface area contributed by atoms with Crippen molar-refractivity contribution in [2.24, 2.45) is 0 Å². The van der Waals surface area contributed by atoms with Crippen molar-refractivity contribution in [1.82, 2.24) is 19.6 Å². The monoisotopic (exact) mass is 474 g/mol. The molecule has 0 aliphatic heterocycles. The Balaban J connectivity index is 1.53. The minimum Gasteiger partial charge on any atom is -0.497 e. The molecule has 2 aliphatic carbocycles. The third-order valence-electron chi connectivity index (χ3n) is 6.59. The molecule has 3 heterocycles. The highest BCUT2D eigenvalue weighted by atomic mass is 35.5. The minimum absolute atomic E-state index is 0.437.